The Morgan fingerprint density at radius 2 is 2.04 bits per heavy atom. The van der Waals surface area contributed by atoms with Crippen molar-refractivity contribution in [2.75, 3.05) is 18.4 Å². The normalized spacial score (nSPS) is 15.2. The summed E-state index contributed by atoms with van der Waals surface area (Å²) in [5.74, 6) is -0.0325. The minimum atomic E-state index is -0.511. The quantitative estimate of drug-likeness (QED) is 0.467. The van der Waals surface area contributed by atoms with Crippen LogP contribution in [-0.4, -0.2) is 35.9 Å². The van der Waals surface area contributed by atoms with Crippen molar-refractivity contribution in [3.05, 3.63) is 28.8 Å². The highest BCUT2D eigenvalue weighted by Crippen LogP contribution is 2.19. The van der Waals surface area contributed by atoms with Gasteiger partial charge < -0.3 is 16.0 Å². The Bertz CT molecular complexity index is 624. The van der Waals surface area contributed by atoms with Crippen LogP contribution in [0.4, 0.5) is 10.5 Å². The number of carbonyl (C=O) groups is 1. The molecule has 0 aromatic heterocycles. The van der Waals surface area contributed by atoms with Gasteiger partial charge in [-0.1, -0.05) is 11.6 Å². The van der Waals surface area contributed by atoms with Gasteiger partial charge in [0.2, 0.25) is 11.9 Å². The van der Waals surface area contributed by atoms with E-state index in [4.69, 9.17) is 22.7 Å². The molecule has 2 amide bonds. The Kier molecular flexibility index (Phi) is 5.81. The molecule has 1 saturated heterocycles. The number of aryl methyl sites for hydroxylation is 1. The van der Waals surface area contributed by atoms with Gasteiger partial charge in [0.15, 0.2) is 0 Å². The van der Waals surface area contributed by atoms with Crippen LogP contribution in [0.1, 0.15) is 24.8 Å². The van der Waals surface area contributed by atoms with Gasteiger partial charge in [-0.05, 0) is 49.9 Å². The highest BCUT2D eigenvalue weighted by molar-refractivity contribution is 6.30. The van der Waals surface area contributed by atoms with Crippen LogP contribution in [0, 0.1) is 12.3 Å². The largest absolute Gasteiger partial charge is 0.369 e. The molecule has 124 valence electrons. The number of piperidine rings is 1. The van der Waals surface area contributed by atoms with Crippen LogP contribution in [0.3, 0.4) is 0 Å². The minimum absolute atomic E-state index is 0.0742. The molecule has 0 bridgehead atoms. The van der Waals surface area contributed by atoms with E-state index in [0.717, 1.165) is 31.5 Å². The number of urea groups is 1. The Morgan fingerprint density at radius 1 is 1.35 bits per heavy atom. The lowest BCUT2D eigenvalue weighted by Gasteiger charge is -2.26. The number of nitrogens with two attached hydrogens (primary N) is 1. The summed E-state index contributed by atoms with van der Waals surface area (Å²) in [7, 11) is 0. The molecule has 1 aliphatic heterocycles. The van der Waals surface area contributed by atoms with Crippen molar-refractivity contribution < 1.29 is 4.79 Å². The second kappa shape index (κ2) is 7.82. The number of halogens is 1. The third-order valence-electron chi connectivity index (χ3n) is 3.56. The summed E-state index contributed by atoms with van der Waals surface area (Å²) in [5, 5.41) is 13.6. The summed E-state index contributed by atoms with van der Waals surface area (Å²) < 4.78 is 0. The van der Waals surface area contributed by atoms with Crippen molar-refractivity contribution in [3.8, 4) is 0 Å². The lowest BCUT2D eigenvalue weighted by Crippen LogP contribution is -2.42. The van der Waals surface area contributed by atoms with Crippen LogP contribution in [0.25, 0.3) is 0 Å². The third kappa shape index (κ3) is 5.14. The number of amides is 2. The van der Waals surface area contributed by atoms with E-state index in [-0.39, 0.29) is 11.9 Å². The molecule has 7 nitrogen and oxygen atoms in total. The Labute approximate surface area is 140 Å². The number of guanidine groups is 2. The predicted molar refractivity (Wildman–Crippen MR) is 93.1 cm³/mol. The first-order valence-electron chi connectivity index (χ1n) is 7.47. The monoisotopic (exact) mass is 336 g/mol. The first-order valence-corrected chi connectivity index (χ1v) is 7.85. The van der Waals surface area contributed by atoms with Gasteiger partial charge in [0.05, 0.1) is 0 Å². The van der Waals surface area contributed by atoms with Crippen LogP contribution >= 0.6 is 11.6 Å². The molecule has 5 N–H and O–H groups in total. The van der Waals surface area contributed by atoms with Crippen molar-refractivity contribution in [3.63, 3.8) is 0 Å². The zero-order chi connectivity index (χ0) is 16.8. The summed E-state index contributed by atoms with van der Waals surface area (Å²) in [5.41, 5.74) is 7.16. The van der Waals surface area contributed by atoms with Gasteiger partial charge >= 0.3 is 6.03 Å². The summed E-state index contributed by atoms with van der Waals surface area (Å²) in [4.78, 5) is 17.7. The van der Waals surface area contributed by atoms with E-state index in [1.807, 2.05) is 11.8 Å². The standard InChI is InChI=1S/C15H21ClN6O/c1-10-9-11(16)5-6-12(10)19-15(23)21-13(17)20-14(18)22-7-3-2-4-8-22/h5-6,9H,2-4,7-8H2,1H3,(H5,17,18,19,20,21,23). The molecule has 1 aromatic carbocycles. The van der Waals surface area contributed by atoms with Crippen LogP contribution in [0.2, 0.25) is 5.02 Å². The predicted octanol–water partition coefficient (Wildman–Crippen LogP) is 2.51. The zero-order valence-corrected chi connectivity index (χ0v) is 13.8. The Balaban J connectivity index is 1.90. The smallest absolute Gasteiger partial charge is 0.326 e. The minimum Gasteiger partial charge on any atom is -0.369 e. The van der Waals surface area contributed by atoms with Crippen molar-refractivity contribution in [2.24, 2.45) is 10.7 Å². The Hall–Kier alpha value is -2.28. The first-order chi connectivity index (χ1) is 11.0. The van der Waals surface area contributed by atoms with Gasteiger partial charge in [-0.3, -0.25) is 10.7 Å². The maximum absolute atomic E-state index is 11.9. The van der Waals surface area contributed by atoms with Crippen LogP contribution in [0.15, 0.2) is 23.2 Å². The number of anilines is 1. The highest BCUT2D eigenvalue weighted by atomic mass is 35.5. The SMILES string of the molecule is Cc1cc(Cl)ccc1NC(=O)N/C(N)=N/C(=N)N1CCCCC1. The summed E-state index contributed by atoms with van der Waals surface area (Å²) in [6.45, 7) is 3.43. The number of aliphatic imine (C=N–C) groups is 1. The van der Waals surface area contributed by atoms with E-state index < -0.39 is 6.03 Å². The molecule has 8 heteroatoms. The number of nitrogens with zero attached hydrogens (tertiary/aromatic N) is 2. The number of hydrogen-bond acceptors (Lipinski definition) is 2. The molecule has 2 rings (SSSR count). The average molecular weight is 337 g/mol. The molecule has 23 heavy (non-hydrogen) atoms. The molecule has 1 aromatic rings. The summed E-state index contributed by atoms with van der Waals surface area (Å²) in [6, 6.07) is 4.64. The van der Waals surface area contributed by atoms with E-state index in [1.165, 1.54) is 6.42 Å². The van der Waals surface area contributed by atoms with Crippen molar-refractivity contribution in [2.45, 2.75) is 26.2 Å². The lowest BCUT2D eigenvalue weighted by atomic mass is 10.1. The maximum Gasteiger partial charge on any atom is 0.326 e. The Morgan fingerprint density at radius 3 is 2.70 bits per heavy atom. The number of likely N-dealkylation sites (tertiary alicyclic amines) is 1. The summed E-state index contributed by atoms with van der Waals surface area (Å²) >= 11 is 5.87. The number of rotatable bonds is 1. The van der Waals surface area contributed by atoms with Crippen LogP contribution in [-0.2, 0) is 0 Å². The first kappa shape index (κ1) is 17.1. The lowest BCUT2D eigenvalue weighted by molar-refractivity contribution is 0.256. The molecule has 1 aliphatic rings. The van der Waals surface area contributed by atoms with Gasteiger partial charge in [0.25, 0.3) is 0 Å². The van der Waals surface area contributed by atoms with Crippen molar-refractivity contribution >= 4 is 35.2 Å². The molecule has 0 saturated carbocycles. The molecule has 0 spiro atoms. The molecule has 1 heterocycles. The topological polar surface area (TPSA) is 107 Å². The zero-order valence-electron chi connectivity index (χ0n) is 13.0. The van der Waals surface area contributed by atoms with E-state index in [1.54, 1.807) is 18.2 Å². The molecule has 1 fully saturated rings. The molecular weight excluding hydrogens is 316 g/mol. The fraction of sp³-hybridized carbons (Fsp3) is 0.400. The van der Waals surface area contributed by atoms with E-state index in [0.29, 0.717) is 10.7 Å². The molecule has 0 unspecified atom stereocenters. The third-order valence-corrected chi connectivity index (χ3v) is 3.80. The average Bonchev–Trinajstić information content (AvgIpc) is 2.50. The second-order valence-electron chi connectivity index (χ2n) is 5.41. The van der Waals surface area contributed by atoms with Gasteiger partial charge in [0.1, 0.15) is 0 Å². The fourth-order valence-corrected chi connectivity index (χ4v) is 2.58. The van der Waals surface area contributed by atoms with Gasteiger partial charge in [0, 0.05) is 23.8 Å². The van der Waals surface area contributed by atoms with E-state index in [2.05, 4.69) is 15.6 Å². The van der Waals surface area contributed by atoms with E-state index in [9.17, 15) is 4.79 Å². The van der Waals surface area contributed by atoms with Crippen molar-refractivity contribution in [1.82, 2.24) is 10.2 Å². The molecule has 0 atom stereocenters. The van der Waals surface area contributed by atoms with Gasteiger partial charge in [-0.25, -0.2) is 4.79 Å². The van der Waals surface area contributed by atoms with Crippen molar-refractivity contribution in [1.29, 1.82) is 5.41 Å². The highest BCUT2D eigenvalue weighted by Gasteiger charge is 2.14. The maximum atomic E-state index is 11.9. The van der Waals surface area contributed by atoms with Gasteiger partial charge in [-0.15, -0.1) is 0 Å². The number of carbonyl (C=O) groups excluding carboxylic acids is 1. The second-order valence-corrected chi connectivity index (χ2v) is 5.84. The number of hydrogen-bond donors (Lipinski definition) is 4. The van der Waals surface area contributed by atoms with Crippen LogP contribution < -0.4 is 16.4 Å². The number of benzene rings is 1. The van der Waals surface area contributed by atoms with Gasteiger partial charge in [-0.2, -0.15) is 4.99 Å². The van der Waals surface area contributed by atoms with Crippen LogP contribution in [0.5, 0.6) is 0 Å². The number of nitrogens with one attached hydrogen (secondary N) is 3. The fourth-order valence-electron chi connectivity index (χ4n) is 2.36. The van der Waals surface area contributed by atoms with E-state index >= 15 is 0 Å². The molecular formula is C15H21ClN6O. The molecule has 0 radical (unpaired) electrons. The molecule has 0 aliphatic carbocycles. The summed E-state index contributed by atoms with van der Waals surface area (Å²) in [6.07, 6.45) is 3.26.